The molecule has 1 aliphatic rings. The first-order valence-corrected chi connectivity index (χ1v) is 6.25. The maximum absolute atomic E-state index is 12.0. The average Bonchev–Trinajstić information content (AvgIpc) is 2.92. The summed E-state index contributed by atoms with van der Waals surface area (Å²) >= 11 is 0. The van der Waals surface area contributed by atoms with Crippen LogP contribution in [0.4, 0.5) is 5.82 Å². The highest BCUT2D eigenvalue weighted by atomic mass is 16.3. The second-order valence-electron chi connectivity index (χ2n) is 4.62. The number of hydrogen-bond acceptors (Lipinski definition) is 4. The number of amides is 1. The van der Waals surface area contributed by atoms with Crippen LogP contribution in [0.5, 0.6) is 0 Å². The first-order chi connectivity index (χ1) is 8.70. The fraction of sp³-hybridized carbons (Fsp3) is 0.538. The largest absolute Gasteiger partial charge is 0.392 e. The van der Waals surface area contributed by atoms with E-state index in [1.54, 1.807) is 18.3 Å². The van der Waals surface area contributed by atoms with Crippen LogP contribution in [0.1, 0.15) is 18.4 Å². The van der Waals surface area contributed by atoms with E-state index in [0.717, 1.165) is 31.5 Å². The van der Waals surface area contributed by atoms with Gasteiger partial charge in [0.15, 0.2) is 0 Å². The third-order valence-electron chi connectivity index (χ3n) is 3.21. The maximum Gasteiger partial charge on any atom is 0.242 e. The van der Waals surface area contributed by atoms with E-state index >= 15 is 0 Å². The summed E-state index contributed by atoms with van der Waals surface area (Å²) in [7, 11) is 1.84. The Morgan fingerprint density at radius 2 is 2.22 bits per heavy atom. The predicted octanol–water partition coefficient (Wildman–Crippen LogP) is 0.632. The summed E-state index contributed by atoms with van der Waals surface area (Å²) in [5.41, 5.74) is 0.806. The van der Waals surface area contributed by atoms with Gasteiger partial charge in [-0.15, -0.1) is 0 Å². The Balaban J connectivity index is 1.97. The quantitative estimate of drug-likeness (QED) is 0.850. The Kier molecular flexibility index (Phi) is 4.15. The van der Waals surface area contributed by atoms with Crippen LogP contribution < -0.4 is 4.90 Å². The molecule has 0 aromatic carbocycles. The number of pyridine rings is 1. The molecule has 1 N–H and O–H groups in total. The first-order valence-electron chi connectivity index (χ1n) is 6.25. The summed E-state index contributed by atoms with van der Waals surface area (Å²) in [4.78, 5) is 19.9. The van der Waals surface area contributed by atoms with Crippen LogP contribution in [0, 0.1) is 0 Å². The molecule has 5 heteroatoms. The Hall–Kier alpha value is -1.62. The number of anilines is 1. The van der Waals surface area contributed by atoms with E-state index in [1.807, 2.05) is 16.8 Å². The van der Waals surface area contributed by atoms with E-state index in [0.29, 0.717) is 12.4 Å². The van der Waals surface area contributed by atoms with E-state index < -0.39 is 0 Å². The number of likely N-dealkylation sites (tertiary alicyclic amines) is 1. The number of likely N-dealkylation sites (N-methyl/N-ethyl adjacent to an activating group) is 1. The van der Waals surface area contributed by atoms with Gasteiger partial charge < -0.3 is 14.9 Å². The normalized spacial score (nSPS) is 14.9. The van der Waals surface area contributed by atoms with Crippen molar-refractivity contribution in [1.29, 1.82) is 0 Å². The van der Waals surface area contributed by atoms with Gasteiger partial charge in [0.1, 0.15) is 5.82 Å². The third-order valence-corrected chi connectivity index (χ3v) is 3.21. The SMILES string of the molecule is CN(CC(=O)N1CCCC1)c1cc(CO)ccn1. The highest BCUT2D eigenvalue weighted by Gasteiger charge is 2.19. The monoisotopic (exact) mass is 249 g/mol. The van der Waals surface area contributed by atoms with Crippen molar-refractivity contribution in [2.75, 3.05) is 31.6 Å². The lowest BCUT2D eigenvalue weighted by atomic mass is 10.2. The molecule has 1 saturated heterocycles. The third kappa shape index (κ3) is 2.98. The van der Waals surface area contributed by atoms with Crippen LogP contribution in [0.3, 0.4) is 0 Å². The molecule has 0 atom stereocenters. The molecular weight excluding hydrogens is 230 g/mol. The summed E-state index contributed by atoms with van der Waals surface area (Å²) in [6, 6.07) is 3.57. The van der Waals surface area contributed by atoms with Crippen LogP contribution >= 0.6 is 0 Å². The van der Waals surface area contributed by atoms with Crippen molar-refractivity contribution < 1.29 is 9.90 Å². The van der Waals surface area contributed by atoms with Crippen molar-refractivity contribution >= 4 is 11.7 Å². The van der Waals surface area contributed by atoms with Gasteiger partial charge in [-0.25, -0.2) is 4.98 Å². The summed E-state index contributed by atoms with van der Waals surface area (Å²) < 4.78 is 0. The van der Waals surface area contributed by atoms with Crippen molar-refractivity contribution in [3.05, 3.63) is 23.9 Å². The standard InChI is InChI=1S/C13H19N3O2/c1-15(9-13(18)16-6-2-3-7-16)12-8-11(10-17)4-5-14-12/h4-5,8,17H,2-3,6-7,9-10H2,1H3. The van der Waals surface area contributed by atoms with E-state index in [9.17, 15) is 4.79 Å². The summed E-state index contributed by atoms with van der Waals surface area (Å²) in [5, 5.41) is 9.08. The lowest BCUT2D eigenvalue weighted by Gasteiger charge is -2.22. The van der Waals surface area contributed by atoms with Gasteiger partial charge in [-0.05, 0) is 30.5 Å². The van der Waals surface area contributed by atoms with Gasteiger partial charge in [0, 0.05) is 26.3 Å². The minimum absolute atomic E-state index is 0.0105. The van der Waals surface area contributed by atoms with Gasteiger partial charge in [0.25, 0.3) is 0 Å². The molecule has 0 unspecified atom stereocenters. The van der Waals surface area contributed by atoms with Crippen molar-refractivity contribution in [3.63, 3.8) is 0 Å². The molecule has 0 radical (unpaired) electrons. The molecule has 0 bridgehead atoms. The van der Waals surface area contributed by atoms with Gasteiger partial charge in [-0.2, -0.15) is 0 Å². The molecule has 18 heavy (non-hydrogen) atoms. The van der Waals surface area contributed by atoms with Gasteiger partial charge in [-0.3, -0.25) is 4.79 Å². The number of carbonyl (C=O) groups is 1. The first kappa shape index (κ1) is 12.8. The van der Waals surface area contributed by atoms with Crippen LogP contribution in [0.15, 0.2) is 18.3 Å². The van der Waals surface area contributed by atoms with Crippen LogP contribution in [0.25, 0.3) is 0 Å². The fourth-order valence-corrected chi connectivity index (χ4v) is 2.12. The molecular formula is C13H19N3O2. The Bertz CT molecular complexity index is 416. The molecule has 0 aliphatic carbocycles. The van der Waals surface area contributed by atoms with E-state index in [2.05, 4.69) is 4.98 Å². The van der Waals surface area contributed by atoms with Crippen LogP contribution in [-0.2, 0) is 11.4 Å². The molecule has 2 rings (SSSR count). The number of nitrogens with zero attached hydrogens (tertiary/aromatic N) is 3. The summed E-state index contributed by atoms with van der Waals surface area (Å²) in [6.07, 6.45) is 3.86. The van der Waals surface area contributed by atoms with Gasteiger partial charge >= 0.3 is 0 Å². The second kappa shape index (κ2) is 5.82. The van der Waals surface area contributed by atoms with Crippen LogP contribution in [-0.4, -0.2) is 47.6 Å². The minimum Gasteiger partial charge on any atom is -0.392 e. The Morgan fingerprint density at radius 1 is 1.50 bits per heavy atom. The molecule has 1 amide bonds. The summed E-state index contributed by atoms with van der Waals surface area (Å²) in [6.45, 7) is 2.07. The zero-order chi connectivity index (χ0) is 13.0. The van der Waals surface area contributed by atoms with Crippen molar-refractivity contribution in [1.82, 2.24) is 9.88 Å². The number of aliphatic hydroxyl groups is 1. The van der Waals surface area contributed by atoms with E-state index in [1.165, 1.54) is 0 Å². The molecule has 0 saturated carbocycles. The van der Waals surface area contributed by atoms with Crippen LogP contribution in [0.2, 0.25) is 0 Å². The molecule has 1 fully saturated rings. The lowest BCUT2D eigenvalue weighted by molar-refractivity contribution is -0.128. The highest BCUT2D eigenvalue weighted by molar-refractivity contribution is 5.81. The second-order valence-corrected chi connectivity index (χ2v) is 4.62. The molecule has 1 aromatic heterocycles. The highest BCUT2D eigenvalue weighted by Crippen LogP contribution is 2.13. The average molecular weight is 249 g/mol. The number of aromatic nitrogens is 1. The van der Waals surface area contributed by atoms with E-state index in [-0.39, 0.29) is 12.5 Å². The minimum atomic E-state index is -0.0105. The molecule has 98 valence electrons. The molecule has 1 aliphatic heterocycles. The summed E-state index contributed by atoms with van der Waals surface area (Å²) in [5.74, 6) is 0.861. The number of carbonyl (C=O) groups excluding carboxylic acids is 1. The van der Waals surface area contributed by atoms with E-state index in [4.69, 9.17) is 5.11 Å². The predicted molar refractivity (Wildman–Crippen MR) is 69.2 cm³/mol. The number of rotatable bonds is 4. The van der Waals surface area contributed by atoms with Gasteiger partial charge in [0.2, 0.25) is 5.91 Å². The topological polar surface area (TPSA) is 56.7 Å². The van der Waals surface area contributed by atoms with Crippen molar-refractivity contribution in [2.45, 2.75) is 19.4 Å². The van der Waals surface area contributed by atoms with Crippen molar-refractivity contribution in [3.8, 4) is 0 Å². The number of hydrogen-bond donors (Lipinski definition) is 1. The molecule has 1 aromatic rings. The molecule has 5 nitrogen and oxygen atoms in total. The Morgan fingerprint density at radius 3 is 2.89 bits per heavy atom. The molecule has 2 heterocycles. The maximum atomic E-state index is 12.0. The zero-order valence-electron chi connectivity index (χ0n) is 10.7. The zero-order valence-corrected chi connectivity index (χ0v) is 10.7. The molecule has 0 spiro atoms. The fourth-order valence-electron chi connectivity index (χ4n) is 2.12. The number of aliphatic hydroxyl groups excluding tert-OH is 1. The van der Waals surface area contributed by atoms with Gasteiger partial charge in [-0.1, -0.05) is 0 Å². The smallest absolute Gasteiger partial charge is 0.242 e. The Labute approximate surface area is 107 Å². The van der Waals surface area contributed by atoms with Gasteiger partial charge in [0.05, 0.1) is 13.2 Å². The lowest BCUT2D eigenvalue weighted by Crippen LogP contribution is -2.37. The van der Waals surface area contributed by atoms with Crippen molar-refractivity contribution in [2.24, 2.45) is 0 Å².